The first-order chi connectivity index (χ1) is 9.90. The van der Waals surface area contributed by atoms with Crippen molar-refractivity contribution in [2.75, 3.05) is 25.0 Å². The molecule has 0 amide bonds. The van der Waals surface area contributed by atoms with E-state index >= 15 is 0 Å². The van der Waals surface area contributed by atoms with Crippen LogP contribution < -0.4 is 10.6 Å². The Bertz CT molecular complexity index is 517. The van der Waals surface area contributed by atoms with Gasteiger partial charge in [-0.05, 0) is 49.5 Å². The quantitative estimate of drug-likeness (QED) is 0.869. The topological polar surface area (TPSA) is 54.8 Å². The van der Waals surface area contributed by atoms with Gasteiger partial charge in [-0.1, -0.05) is 12.1 Å². The average molecular weight is 271 g/mol. The molecule has 1 aromatic carbocycles. The number of piperidine rings is 1. The van der Waals surface area contributed by atoms with Crippen LogP contribution in [0.5, 0.6) is 0 Å². The second-order valence-corrected chi connectivity index (χ2v) is 5.39. The molecule has 0 aliphatic carbocycles. The van der Waals surface area contributed by atoms with Crippen molar-refractivity contribution in [1.29, 1.82) is 0 Å². The molecule has 2 aromatic rings. The maximum atomic E-state index is 4.14. The molecule has 1 saturated heterocycles. The van der Waals surface area contributed by atoms with E-state index in [-0.39, 0.29) is 0 Å². The summed E-state index contributed by atoms with van der Waals surface area (Å²) in [6.07, 6.45) is 5.92. The van der Waals surface area contributed by atoms with E-state index in [1.807, 2.05) is 4.68 Å². The molecule has 1 aliphatic heterocycles. The van der Waals surface area contributed by atoms with E-state index in [0.29, 0.717) is 0 Å². The Morgan fingerprint density at radius 3 is 3.20 bits per heavy atom. The Morgan fingerprint density at radius 2 is 2.40 bits per heavy atom. The van der Waals surface area contributed by atoms with Gasteiger partial charge >= 0.3 is 0 Å². The molecule has 1 aliphatic rings. The molecule has 0 radical (unpaired) electrons. The van der Waals surface area contributed by atoms with Crippen LogP contribution in [0.1, 0.15) is 18.4 Å². The molecule has 20 heavy (non-hydrogen) atoms. The fourth-order valence-electron chi connectivity index (χ4n) is 2.64. The number of rotatable bonds is 5. The van der Waals surface area contributed by atoms with Gasteiger partial charge < -0.3 is 10.6 Å². The molecule has 2 N–H and O–H groups in total. The Morgan fingerprint density at radius 1 is 1.40 bits per heavy atom. The van der Waals surface area contributed by atoms with Gasteiger partial charge in [-0.3, -0.25) is 0 Å². The lowest BCUT2D eigenvalue weighted by Gasteiger charge is -2.23. The zero-order valence-corrected chi connectivity index (χ0v) is 11.6. The van der Waals surface area contributed by atoms with Gasteiger partial charge in [0, 0.05) is 12.2 Å². The average Bonchev–Trinajstić information content (AvgIpc) is 3.00. The van der Waals surface area contributed by atoms with Crippen molar-refractivity contribution < 1.29 is 0 Å². The Kier molecular flexibility index (Phi) is 4.28. The van der Waals surface area contributed by atoms with Crippen LogP contribution in [0, 0.1) is 5.92 Å². The van der Waals surface area contributed by atoms with E-state index in [1.165, 1.54) is 30.6 Å². The lowest BCUT2D eigenvalue weighted by molar-refractivity contribution is 0.393. The van der Waals surface area contributed by atoms with Crippen molar-refractivity contribution in [3.05, 3.63) is 42.5 Å². The van der Waals surface area contributed by atoms with Crippen molar-refractivity contribution in [2.45, 2.75) is 19.4 Å². The predicted molar refractivity (Wildman–Crippen MR) is 79.6 cm³/mol. The molecule has 5 heteroatoms. The normalized spacial score (nSPS) is 18.9. The minimum Gasteiger partial charge on any atom is -0.385 e. The van der Waals surface area contributed by atoms with Crippen molar-refractivity contribution in [1.82, 2.24) is 20.1 Å². The zero-order chi connectivity index (χ0) is 13.6. The molecule has 5 nitrogen and oxygen atoms in total. The molecule has 0 spiro atoms. The van der Waals surface area contributed by atoms with Gasteiger partial charge in [0.25, 0.3) is 0 Å². The second-order valence-electron chi connectivity index (χ2n) is 5.39. The van der Waals surface area contributed by atoms with Gasteiger partial charge in [0.2, 0.25) is 0 Å². The third-order valence-corrected chi connectivity index (χ3v) is 3.73. The molecule has 1 aromatic heterocycles. The zero-order valence-electron chi connectivity index (χ0n) is 11.6. The number of anilines is 1. The third kappa shape index (κ3) is 3.57. The molecular weight excluding hydrogens is 250 g/mol. The summed E-state index contributed by atoms with van der Waals surface area (Å²) < 4.78 is 1.84. The first-order valence-corrected chi connectivity index (χ1v) is 7.26. The van der Waals surface area contributed by atoms with Gasteiger partial charge in [0.15, 0.2) is 0 Å². The molecule has 0 bridgehead atoms. The number of nitrogens with one attached hydrogen (secondary N) is 2. The van der Waals surface area contributed by atoms with Gasteiger partial charge in [0.05, 0.1) is 6.54 Å². The fraction of sp³-hybridized carbons (Fsp3) is 0.467. The maximum Gasteiger partial charge on any atom is 0.137 e. The van der Waals surface area contributed by atoms with Crippen LogP contribution in [-0.4, -0.2) is 34.4 Å². The maximum absolute atomic E-state index is 4.14. The van der Waals surface area contributed by atoms with Crippen molar-refractivity contribution in [3.63, 3.8) is 0 Å². The molecular formula is C15H21N5. The summed E-state index contributed by atoms with van der Waals surface area (Å²) in [4.78, 5) is 3.97. The SMILES string of the molecule is c1cc(Cn2cncn2)cc(NCC2CCCNC2)c1. The summed E-state index contributed by atoms with van der Waals surface area (Å²) >= 11 is 0. The highest BCUT2D eigenvalue weighted by Gasteiger charge is 2.12. The highest BCUT2D eigenvalue weighted by Crippen LogP contribution is 2.15. The number of hydrogen-bond donors (Lipinski definition) is 2. The number of hydrogen-bond acceptors (Lipinski definition) is 4. The van der Waals surface area contributed by atoms with Gasteiger partial charge in [-0.15, -0.1) is 0 Å². The minimum atomic E-state index is 0.739. The summed E-state index contributed by atoms with van der Waals surface area (Å²) in [5, 5.41) is 11.1. The summed E-state index contributed by atoms with van der Waals surface area (Å²) in [6.45, 7) is 4.11. The van der Waals surface area contributed by atoms with E-state index in [2.05, 4.69) is 45.0 Å². The molecule has 2 heterocycles. The summed E-state index contributed by atoms with van der Waals surface area (Å²) in [5.74, 6) is 0.739. The fourth-order valence-corrected chi connectivity index (χ4v) is 2.64. The second kappa shape index (κ2) is 6.52. The van der Waals surface area contributed by atoms with E-state index < -0.39 is 0 Å². The van der Waals surface area contributed by atoms with Crippen LogP contribution in [0.25, 0.3) is 0 Å². The Hall–Kier alpha value is -1.88. The van der Waals surface area contributed by atoms with Crippen molar-refractivity contribution >= 4 is 5.69 Å². The molecule has 3 rings (SSSR count). The van der Waals surface area contributed by atoms with Gasteiger partial charge in [-0.25, -0.2) is 9.67 Å². The predicted octanol–water partition coefficient (Wildman–Crippen LogP) is 1.74. The molecule has 106 valence electrons. The molecule has 1 atom stereocenters. The lowest BCUT2D eigenvalue weighted by atomic mass is 9.99. The van der Waals surface area contributed by atoms with Crippen LogP contribution in [0.4, 0.5) is 5.69 Å². The van der Waals surface area contributed by atoms with Crippen LogP contribution in [0.15, 0.2) is 36.9 Å². The molecule has 1 fully saturated rings. The van der Waals surface area contributed by atoms with Crippen LogP contribution in [0.3, 0.4) is 0 Å². The smallest absolute Gasteiger partial charge is 0.137 e. The van der Waals surface area contributed by atoms with E-state index in [0.717, 1.165) is 25.6 Å². The highest BCUT2D eigenvalue weighted by atomic mass is 15.3. The van der Waals surface area contributed by atoms with Gasteiger partial charge in [0.1, 0.15) is 12.7 Å². The number of aromatic nitrogens is 3. The van der Waals surface area contributed by atoms with Crippen LogP contribution >= 0.6 is 0 Å². The lowest BCUT2D eigenvalue weighted by Crippen LogP contribution is -2.33. The molecule has 0 saturated carbocycles. The van der Waals surface area contributed by atoms with Gasteiger partial charge in [-0.2, -0.15) is 5.10 Å². The summed E-state index contributed by atoms with van der Waals surface area (Å²) in [6, 6.07) is 8.53. The number of benzene rings is 1. The first kappa shape index (κ1) is 13.1. The van der Waals surface area contributed by atoms with Crippen molar-refractivity contribution in [2.24, 2.45) is 5.92 Å². The Balaban J connectivity index is 1.56. The van der Waals surface area contributed by atoms with Crippen LogP contribution in [-0.2, 0) is 6.54 Å². The van der Waals surface area contributed by atoms with E-state index in [9.17, 15) is 0 Å². The van der Waals surface area contributed by atoms with E-state index in [4.69, 9.17) is 0 Å². The summed E-state index contributed by atoms with van der Waals surface area (Å²) in [5.41, 5.74) is 2.43. The van der Waals surface area contributed by atoms with Crippen LogP contribution in [0.2, 0.25) is 0 Å². The van der Waals surface area contributed by atoms with E-state index in [1.54, 1.807) is 12.7 Å². The van der Waals surface area contributed by atoms with Crippen molar-refractivity contribution in [3.8, 4) is 0 Å². The first-order valence-electron chi connectivity index (χ1n) is 7.26. The number of nitrogens with zero attached hydrogens (tertiary/aromatic N) is 3. The third-order valence-electron chi connectivity index (χ3n) is 3.73. The Labute approximate surface area is 119 Å². The minimum absolute atomic E-state index is 0.739. The monoisotopic (exact) mass is 271 g/mol. The molecule has 1 unspecified atom stereocenters. The highest BCUT2D eigenvalue weighted by molar-refractivity contribution is 5.45. The summed E-state index contributed by atoms with van der Waals surface area (Å²) in [7, 11) is 0. The standard InChI is InChI=1S/C15H21N5/c1-3-13(10-20-12-17-11-19-20)7-15(5-1)18-9-14-4-2-6-16-8-14/h1,3,5,7,11-12,14,16,18H,2,4,6,8-10H2. The largest absolute Gasteiger partial charge is 0.385 e.